The summed E-state index contributed by atoms with van der Waals surface area (Å²) in [5.74, 6) is -0.0283. The van der Waals surface area contributed by atoms with Crippen LogP contribution in [0.1, 0.15) is 6.42 Å². The summed E-state index contributed by atoms with van der Waals surface area (Å²) in [6.07, 6.45) is 0.284. The zero-order valence-electron chi connectivity index (χ0n) is 11.1. The van der Waals surface area contributed by atoms with Gasteiger partial charge in [0.25, 0.3) is 0 Å². The minimum atomic E-state index is -0.383. The first-order valence-corrected chi connectivity index (χ1v) is 7.65. The maximum Gasteiger partial charge on any atom is 0.225 e. The maximum atomic E-state index is 13.0. The molecule has 2 aromatic rings. The molecule has 3 N–H and O–H groups in total. The molecule has 0 aromatic heterocycles. The fourth-order valence-corrected chi connectivity index (χ4v) is 2.99. The fraction of sp³-hybridized carbons (Fsp3) is 0.133. The molecule has 2 aromatic carbocycles. The van der Waals surface area contributed by atoms with Crippen LogP contribution < -0.4 is 11.1 Å². The number of nitrogens with one attached hydrogen (secondary N) is 1. The molecule has 0 bridgehead atoms. The average molecular weight is 325 g/mol. The van der Waals surface area contributed by atoms with Crippen molar-refractivity contribution in [1.29, 1.82) is 0 Å². The lowest BCUT2D eigenvalue weighted by Crippen LogP contribution is -2.12. The molecule has 2 rings (SSSR count). The van der Waals surface area contributed by atoms with E-state index < -0.39 is 0 Å². The summed E-state index contributed by atoms with van der Waals surface area (Å²) in [6.45, 7) is 0. The van der Waals surface area contributed by atoms with Crippen LogP contribution in [0.3, 0.4) is 0 Å². The molecule has 0 fully saturated rings. The standard InChI is InChI=1S/C15H14ClFN2OS/c16-12-5-2-6-13(18)15(12)21-8-7-14(20)19-11-4-1-3-10(17)9-11/h1-6,9H,7-8,18H2,(H,19,20). The van der Waals surface area contributed by atoms with Gasteiger partial charge in [-0.1, -0.05) is 23.7 Å². The Kier molecular flexibility index (Phi) is 5.47. The third-order valence-electron chi connectivity index (χ3n) is 2.68. The summed E-state index contributed by atoms with van der Waals surface area (Å²) in [5.41, 5.74) is 6.87. The molecular weight excluding hydrogens is 311 g/mol. The van der Waals surface area contributed by atoms with Gasteiger partial charge < -0.3 is 11.1 Å². The second kappa shape index (κ2) is 7.33. The largest absolute Gasteiger partial charge is 0.398 e. The zero-order valence-corrected chi connectivity index (χ0v) is 12.7. The lowest BCUT2D eigenvalue weighted by Gasteiger charge is -2.08. The molecule has 0 aliphatic carbocycles. The molecule has 0 saturated heterocycles. The SMILES string of the molecule is Nc1cccc(Cl)c1SCCC(=O)Nc1cccc(F)c1. The van der Waals surface area contributed by atoms with Crippen molar-refractivity contribution in [1.82, 2.24) is 0 Å². The van der Waals surface area contributed by atoms with Crippen LogP contribution in [0.5, 0.6) is 0 Å². The molecule has 0 aliphatic heterocycles. The van der Waals surface area contributed by atoms with Crippen LogP contribution in [0.2, 0.25) is 5.02 Å². The Labute approximate surface area is 131 Å². The summed E-state index contributed by atoms with van der Waals surface area (Å²) < 4.78 is 13.0. The van der Waals surface area contributed by atoms with Crippen molar-refractivity contribution < 1.29 is 9.18 Å². The number of rotatable bonds is 5. The summed E-state index contributed by atoms with van der Waals surface area (Å²) in [7, 11) is 0. The number of thioether (sulfide) groups is 1. The van der Waals surface area contributed by atoms with Crippen LogP contribution in [0.15, 0.2) is 47.4 Å². The van der Waals surface area contributed by atoms with Crippen molar-refractivity contribution in [3.8, 4) is 0 Å². The summed E-state index contributed by atoms with van der Waals surface area (Å²) in [6, 6.07) is 11.1. The van der Waals surface area contributed by atoms with Crippen LogP contribution in [0.25, 0.3) is 0 Å². The van der Waals surface area contributed by atoms with Crippen LogP contribution in [0, 0.1) is 5.82 Å². The van der Waals surface area contributed by atoms with E-state index in [1.54, 1.807) is 30.3 Å². The van der Waals surface area contributed by atoms with E-state index in [0.717, 1.165) is 4.90 Å². The van der Waals surface area contributed by atoms with Gasteiger partial charge in [0.05, 0.1) is 5.02 Å². The average Bonchev–Trinajstić information content (AvgIpc) is 2.42. The fourth-order valence-electron chi connectivity index (χ4n) is 1.71. The molecule has 3 nitrogen and oxygen atoms in total. The number of hydrogen-bond donors (Lipinski definition) is 2. The second-order valence-electron chi connectivity index (χ2n) is 4.32. The first kappa shape index (κ1) is 15.7. The molecule has 1 amide bonds. The lowest BCUT2D eigenvalue weighted by atomic mass is 10.3. The number of carbonyl (C=O) groups is 1. The highest BCUT2D eigenvalue weighted by molar-refractivity contribution is 7.99. The normalized spacial score (nSPS) is 10.4. The molecule has 0 spiro atoms. The van der Waals surface area contributed by atoms with Gasteiger partial charge >= 0.3 is 0 Å². The number of halogens is 2. The van der Waals surface area contributed by atoms with E-state index in [2.05, 4.69) is 5.32 Å². The van der Waals surface area contributed by atoms with Gasteiger partial charge in [0.15, 0.2) is 0 Å². The number of nitrogens with two attached hydrogens (primary N) is 1. The Morgan fingerprint density at radius 2 is 2.05 bits per heavy atom. The lowest BCUT2D eigenvalue weighted by molar-refractivity contribution is -0.115. The number of nitrogen functional groups attached to an aromatic ring is 1. The van der Waals surface area contributed by atoms with E-state index in [4.69, 9.17) is 17.3 Å². The summed E-state index contributed by atoms with van der Waals surface area (Å²) in [5, 5.41) is 3.22. The number of benzene rings is 2. The number of anilines is 2. The van der Waals surface area contributed by atoms with Gasteiger partial charge in [0.2, 0.25) is 5.91 Å². The topological polar surface area (TPSA) is 55.1 Å². The van der Waals surface area contributed by atoms with Crippen molar-refractivity contribution >= 4 is 40.6 Å². The highest BCUT2D eigenvalue weighted by atomic mass is 35.5. The van der Waals surface area contributed by atoms with E-state index in [-0.39, 0.29) is 18.1 Å². The molecule has 110 valence electrons. The van der Waals surface area contributed by atoms with E-state index >= 15 is 0 Å². The van der Waals surface area contributed by atoms with Gasteiger partial charge in [-0.15, -0.1) is 11.8 Å². The molecule has 21 heavy (non-hydrogen) atoms. The smallest absolute Gasteiger partial charge is 0.225 e. The van der Waals surface area contributed by atoms with Gasteiger partial charge in [0.1, 0.15) is 5.82 Å². The maximum absolute atomic E-state index is 13.0. The van der Waals surface area contributed by atoms with Crippen LogP contribution in [-0.4, -0.2) is 11.7 Å². The predicted molar refractivity (Wildman–Crippen MR) is 86.2 cm³/mol. The van der Waals surface area contributed by atoms with Crippen molar-refractivity contribution in [3.05, 3.63) is 53.3 Å². The Hall–Kier alpha value is -1.72. The zero-order chi connectivity index (χ0) is 15.2. The third kappa shape index (κ3) is 4.65. The quantitative estimate of drug-likeness (QED) is 0.640. The summed E-state index contributed by atoms with van der Waals surface area (Å²) >= 11 is 7.47. The number of carbonyl (C=O) groups excluding carboxylic acids is 1. The Morgan fingerprint density at radius 1 is 1.29 bits per heavy atom. The Balaban J connectivity index is 1.85. The molecule has 0 radical (unpaired) electrons. The highest BCUT2D eigenvalue weighted by Gasteiger charge is 2.08. The van der Waals surface area contributed by atoms with Crippen LogP contribution in [0.4, 0.5) is 15.8 Å². The first-order chi connectivity index (χ1) is 10.1. The van der Waals surface area contributed by atoms with Crippen molar-refractivity contribution in [2.45, 2.75) is 11.3 Å². The number of hydrogen-bond acceptors (Lipinski definition) is 3. The van der Waals surface area contributed by atoms with Gasteiger partial charge in [0, 0.05) is 28.4 Å². The minimum Gasteiger partial charge on any atom is -0.398 e. The second-order valence-corrected chi connectivity index (χ2v) is 5.83. The Bertz CT molecular complexity index is 631. The van der Waals surface area contributed by atoms with E-state index in [9.17, 15) is 9.18 Å². The molecule has 0 atom stereocenters. The Morgan fingerprint density at radius 3 is 2.76 bits per heavy atom. The molecule has 0 aliphatic rings. The van der Waals surface area contributed by atoms with Gasteiger partial charge in [-0.25, -0.2) is 4.39 Å². The monoisotopic (exact) mass is 324 g/mol. The van der Waals surface area contributed by atoms with Gasteiger partial charge in [-0.2, -0.15) is 0 Å². The number of amides is 1. The van der Waals surface area contributed by atoms with E-state index in [0.29, 0.717) is 22.2 Å². The van der Waals surface area contributed by atoms with Crippen LogP contribution in [-0.2, 0) is 4.79 Å². The molecule has 0 unspecified atom stereocenters. The molecule has 0 heterocycles. The first-order valence-electron chi connectivity index (χ1n) is 6.28. The van der Waals surface area contributed by atoms with Gasteiger partial charge in [-0.05, 0) is 30.3 Å². The van der Waals surface area contributed by atoms with Crippen molar-refractivity contribution in [2.24, 2.45) is 0 Å². The highest BCUT2D eigenvalue weighted by Crippen LogP contribution is 2.32. The predicted octanol–water partition coefficient (Wildman–Crippen LogP) is 4.18. The molecular formula is C15H14ClFN2OS. The summed E-state index contributed by atoms with van der Waals surface area (Å²) in [4.78, 5) is 12.5. The molecule has 6 heteroatoms. The van der Waals surface area contributed by atoms with E-state index in [1.807, 2.05) is 0 Å². The van der Waals surface area contributed by atoms with Crippen molar-refractivity contribution in [3.63, 3.8) is 0 Å². The minimum absolute atomic E-state index is 0.182. The van der Waals surface area contributed by atoms with Crippen LogP contribution >= 0.6 is 23.4 Å². The molecule has 0 saturated carbocycles. The van der Waals surface area contributed by atoms with Gasteiger partial charge in [-0.3, -0.25) is 4.79 Å². The van der Waals surface area contributed by atoms with E-state index in [1.165, 1.54) is 23.9 Å². The van der Waals surface area contributed by atoms with Crippen molar-refractivity contribution in [2.75, 3.05) is 16.8 Å². The third-order valence-corrected chi connectivity index (χ3v) is 4.26.